The lowest BCUT2D eigenvalue weighted by Gasteiger charge is -1.99. The van der Waals surface area contributed by atoms with Gasteiger partial charge in [-0.15, -0.1) is 0 Å². The van der Waals surface area contributed by atoms with E-state index in [-0.39, 0.29) is 12.4 Å². The van der Waals surface area contributed by atoms with E-state index in [9.17, 15) is 4.39 Å². The van der Waals surface area contributed by atoms with E-state index >= 15 is 0 Å². The standard InChI is InChI=1S/C10H8FNO/c11-9-2-1-7-5-12-10(6-13)4-8(7)3-9/h1-5,13H,6H2. The number of aliphatic hydroxyl groups is 1. The molecule has 3 heteroatoms. The average Bonchev–Trinajstić information content (AvgIpc) is 2.16. The fourth-order valence-corrected chi connectivity index (χ4v) is 1.24. The molecule has 0 saturated carbocycles. The molecule has 0 radical (unpaired) electrons. The zero-order valence-corrected chi connectivity index (χ0v) is 6.87. The van der Waals surface area contributed by atoms with E-state index in [0.717, 1.165) is 10.8 Å². The number of hydrogen-bond acceptors (Lipinski definition) is 2. The molecule has 0 bridgehead atoms. The molecule has 0 spiro atoms. The monoisotopic (exact) mass is 177 g/mol. The Morgan fingerprint density at radius 3 is 2.85 bits per heavy atom. The van der Waals surface area contributed by atoms with Crippen molar-refractivity contribution in [2.75, 3.05) is 0 Å². The molecule has 0 aliphatic carbocycles. The Bertz CT molecular complexity index is 442. The summed E-state index contributed by atoms with van der Waals surface area (Å²) >= 11 is 0. The van der Waals surface area contributed by atoms with Crippen LogP contribution in [0.2, 0.25) is 0 Å². The molecule has 0 saturated heterocycles. The van der Waals surface area contributed by atoms with E-state index < -0.39 is 0 Å². The summed E-state index contributed by atoms with van der Waals surface area (Å²) in [6.07, 6.45) is 1.63. The molecule has 0 fully saturated rings. The average molecular weight is 177 g/mol. The van der Waals surface area contributed by atoms with Gasteiger partial charge in [-0.05, 0) is 29.7 Å². The normalized spacial score (nSPS) is 10.6. The summed E-state index contributed by atoms with van der Waals surface area (Å²) in [6, 6.07) is 6.16. The maximum absolute atomic E-state index is 12.8. The third-order valence-electron chi connectivity index (χ3n) is 1.90. The van der Waals surface area contributed by atoms with Crippen LogP contribution in [0, 0.1) is 5.82 Å². The number of nitrogens with zero attached hydrogens (tertiary/aromatic N) is 1. The molecule has 66 valence electrons. The number of benzene rings is 1. The largest absolute Gasteiger partial charge is 0.390 e. The van der Waals surface area contributed by atoms with E-state index in [0.29, 0.717) is 5.69 Å². The maximum atomic E-state index is 12.8. The van der Waals surface area contributed by atoms with E-state index in [4.69, 9.17) is 5.11 Å². The molecule has 0 aliphatic heterocycles. The molecule has 1 heterocycles. The van der Waals surface area contributed by atoms with Crippen molar-refractivity contribution in [3.8, 4) is 0 Å². The van der Waals surface area contributed by atoms with Crippen molar-refractivity contribution in [2.24, 2.45) is 0 Å². The van der Waals surface area contributed by atoms with Crippen LogP contribution < -0.4 is 0 Å². The lowest BCUT2D eigenvalue weighted by Crippen LogP contribution is -1.88. The summed E-state index contributed by atoms with van der Waals surface area (Å²) in [6.45, 7) is -0.119. The molecule has 1 N–H and O–H groups in total. The van der Waals surface area contributed by atoms with Crippen molar-refractivity contribution in [3.05, 3.63) is 42.0 Å². The molecule has 2 aromatic rings. The quantitative estimate of drug-likeness (QED) is 0.721. The van der Waals surface area contributed by atoms with Crippen LogP contribution in [-0.4, -0.2) is 10.1 Å². The Balaban J connectivity index is 2.68. The van der Waals surface area contributed by atoms with Gasteiger partial charge < -0.3 is 5.11 Å². The minimum absolute atomic E-state index is 0.119. The predicted octanol–water partition coefficient (Wildman–Crippen LogP) is 1.87. The summed E-state index contributed by atoms with van der Waals surface area (Å²) in [4.78, 5) is 3.98. The first-order valence-electron chi connectivity index (χ1n) is 3.94. The van der Waals surface area contributed by atoms with Crippen molar-refractivity contribution < 1.29 is 9.50 Å². The molecular weight excluding hydrogens is 169 g/mol. The SMILES string of the molecule is OCc1cc2cc(F)ccc2cn1. The first-order chi connectivity index (χ1) is 6.29. The summed E-state index contributed by atoms with van der Waals surface area (Å²) in [5.74, 6) is -0.275. The fourth-order valence-electron chi connectivity index (χ4n) is 1.24. The van der Waals surface area contributed by atoms with Gasteiger partial charge in [0.2, 0.25) is 0 Å². The number of fused-ring (bicyclic) bond motifs is 1. The number of aromatic nitrogens is 1. The van der Waals surface area contributed by atoms with Gasteiger partial charge in [0.15, 0.2) is 0 Å². The smallest absolute Gasteiger partial charge is 0.123 e. The summed E-state index contributed by atoms with van der Waals surface area (Å²) in [5, 5.41) is 10.4. The maximum Gasteiger partial charge on any atom is 0.123 e. The highest BCUT2D eigenvalue weighted by atomic mass is 19.1. The van der Waals surface area contributed by atoms with Crippen LogP contribution in [0.3, 0.4) is 0 Å². The number of hydrogen-bond donors (Lipinski definition) is 1. The van der Waals surface area contributed by atoms with Crippen molar-refractivity contribution >= 4 is 10.8 Å². The first-order valence-corrected chi connectivity index (χ1v) is 3.94. The first kappa shape index (κ1) is 8.13. The van der Waals surface area contributed by atoms with Gasteiger partial charge in [0.25, 0.3) is 0 Å². The molecule has 0 atom stereocenters. The van der Waals surface area contributed by atoms with E-state index in [1.165, 1.54) is 12.1 Å². The number of pyridine rings is 1. The van der Waals surface area contributed by atoms with Gasteiger partial charge in [-0.1, -0.05) is 0 Å². The van der Waals surface area contributed by atoms with Crippen molar-refractivity contribution in [2.45, 2.75) is 6.61 Å². The van der Waals surface area contributed by atoms with E-state index in [1.807, 2.05) is 0 Å². The Labute approximate surface area is 74.7 Å². The molecule has 13 heavy (non-hydrogen) atoms. The summed E-state index contributed by atoms with van der Waals surface area (Å²) in [5.41, 5.74) is 0.554. The van der Waals surface area contributed by atoms with Gasteiger partial charge in [-0.2, -0.15) is 0 Å². The van der Waals surface area contributed by atoms with Gasteiger partial charge in [0.05, 0.1) is 12.3 Å². The van der Waals surface area contributed by atoms with Crippen LogP contribution in [-0.2, 0) is 6.61 Å². The number of aliphatic hydroxyl groups excluding tert-OH is 1. The highest BCUT2D eigenvalue weighted by Gasteiger charge is 1.97. The van der Waals surface area contributed by atoms with E-state index in [2.05, 4.69) is 4.98 Å². The van der Waals surface area contributed by atoms with Crippen LogP contribution >= 0.6 is 0 Å². The Morgan fingerprint density at radius 1 is 1.23 bits per heavy atom. The number of rotatable bonds is 1. The molecule has 1 aromatic heterocycles. The second-order valence-electron chi connectivity index (χ2n) is 2.83. The zero-order valence-electron chi connectivity index (χ0n) is 6.87. The summed E-state index contributed by atoms with van der Waals surface area (Å²) < 4.78 is 12.8. The molecule has 0 aliphatic rings. The van der Waals surface area contributed by atoms with Crippen LogP contribution in [0.4, 0.5) is 4.39 Å². The van der Waals surface area contributed by atoms with Gasteiger partial charge in [-0.3, -0.25) is 4.98 Å². The van der Waals surface area contributed by atoms with Gasteiger partial charge in [0, 0.05) is 11.6 Å². The minimum Gasteiger partial charge on any atom is -0.390 e. The highest BCUT2D eigenvalue weighted by Crippen LogP contribution is 2.15. The molecule has 2 rings (SSSR count). The number of halogens is 1. The van der Waals surface area contributed by atoms with Gasteiger partial charge in [-0.25, -0.2) is 4.39 Å². The second-order valence-corrected chi connectivity index (χ2v) is 2.83. The lowest BCUT2D eigenvalue weighted by molar-refractivity contribution is 0.277. The zero-order chi connectivity index (χ0) is 9.26. The lowest BCUT2D eigenvalue weighted by atomic mass is 10.1. The molecular formula is C10H8FNO. The van der Waals surface area contributed by atoms with Crippen LogP contribution in [0.25, 0.3) is 10.8 Å². The van der Waals surface area contributed by atoms with Crippen molar-refractivity contribution in [3.63, 3.8) is 0 Å². The molecule has 0 unspecified atom stereocenters. The van der Waals surface area contributed by atoms with Gasteiger partial charge in [0.1, 0.15) is 5.82 Å². The molecule has 1 aromatic carbocycles. The van der Waals surface area contributed by atoms with Gasteiger partial charge >= 0.3 is 0 Å². The Hall–Kier alpha value is -1.48. The minimum atomic E-state index is -0.275. The van der Waals surface area contributed by atoms with Crippen LogP contribution in [0.5, 0.6) is 0 Å². The third-order valence-corrected chi connectivity index (χ3v) is 1.90. The second kappa shape index (κ2) is 3.11. The Morgan fingerprint density at radius 2 is 2.08 bits per heavy atom. The van der Waals surface area contributed by atoms with Crippen molar-refractivity contribution in [1.82, 2.24) is 4.98 Å². The van der Waals surface area contributed by atoms with Crippen LogP contribution in [0.15, 0.2) is 30.5 Å². The Kier molecular flexibility index (Phi) is 1.94. The van der Waals surface area contributed by atoms with Crippen LogP contribution in [0.1, 0.15) is 5.69 Å². The fraction of sp³-hybridized carbons (Fsp3) is 0.100. The third kappa shape index (κ3) is 1.51. The molecule has 0 amide bonds. The topological polar surface area (TPSA) is 33.1 Å². The molecule has 2 nitrogen and oxygen atoms in total. The predicted molar refractivity (Wildman–Crippen MR) is 47.6 cm³/mol. The summed E-state index contributed by atoms with van der Waals surface area (Å²) in [7, 11) is 0. The van der Waals surface area contributed by atoms with E-state index in [1.54, 1.807) is 18.3 Å². The van der Waals surface area contributed by atoms with Crippen molar-refractivity contribution in [1.29, 1.82) is 0 Å². The highest BCUT2D eigenvalue weighted by molar-refractivity contribution is 5.81.